The Morgan fingerprint density at radius 1 is 0.842 bits per heavy atom. The number of rotatable bonds is 2. The van der Waals surface area contributed by atoms with Crippen molar-refractivity contribution < 1.29 is 10.2 Å². The van der Waals surface area contributed by atoms with Gasteiger partial charge in [0.2, 0.25) is 0 Å². The lowest BCUT2D eigenvalue weighted by molar-refractivity contribution is 0.475. The van der Waals surface area contributed by atoms with Gasteiger partial charge < -0.3 is 10.2 Å². The Kier molecular flexibility index (Phi) is 6.59. The van der Waals surface area contributed by atoms with Gasteiger partial charge >= 0.3 is 0 Å². The number of allylic oxidation sites excluding steroid dienone is 1. The molecule has 0 unspecified atom stereocenters. The third kappa shape index (κ3) is 5.59. The first kappa shape index (κ1) is 14.6. The van der Waals surface area contributed by atoms with Crippen molar-refractivity contribution in [1.82, 2.24) is 0 Å². The molecule has 2 heteroatoms. The number of hydrogen-bond acceptors (Lipinski definition) is 2. The van der Waals surface area contributed by atoms with Crippen LogP contribution in [0.15, 0.2) is 73.2 Å². The van der Waals surface area contributed by atoms with Gasteiger partial charge in [-0.05, 0) is 29.7 Å². The van der Waals surface area contributed by atoms with E-state index in [-0.39, 0.29) is 0 Å². The molecular formula is C17H18O2. The Bertz CT molecular complexity index is 513. The molecule has 2 rings (SSSR count). The Hall–Kier alpha value is -2.48. The normalized spacial score (nSPS) is 10.9. The first-order valence-corrected chi connectivity index (χ1v) is 6.00. The van der Waals surface area contributed by atoms with Crippen LogP contribution in [0.3, 0.4) is 0 Å². The van der Waals surface area contributed by atoms with Gasteiger partial charge in [0.1, 0.15) is 0 Å². The summed E-state index contributed by atoms with van der Waals surface area (Å²) < 4.78 is 0. The van der Waals surface area contributed by atoms with Crippen molar-refractivity contribution in [2.75, 3.05) is 0 Å². The Labute approximate surface area is 114 Å². The predicted octanol–water partition coefficient (Wildman–Crippen LogP) is 4.82. The zero-order valence-corrected chi connectivity index (χ0v) is 10.9. The van der Waals surface area contributed by atoms with E-state index in [0.717, 1.165) is 29.2 Å². The van der Waals surface area contributed by atoms with E-state index in [1.807, 2.05) is 67.6 Å². The van der Waals surface area contributed by atoms with Gasteiger partial charge in [0.15, 0.2) is 0 Å². The monoisotopic (exact) mass is 254 g/mol. The lowest BCUT2D eigenvalue weighted by Gasteiger charge is -1.96. The van der Waals surface area contributed by atoms with Gasteiger partial charge in [-0.2, -0.15) is 0 Å². The number of hydrogen-bond donors (Lipinski definition) is 2. The zero-order chi connectivity index (χ0) is 13.9. The van der Waals surface area contributed by atoms with Crippen LogP contribution in [0, 0.1) is 0 Å². The molecule has 0 amide bonds. The van der Waals surface area contributed by atoms with Crippen LogP contribution in [0.5, 0.6) is 0 Å². The standard InChI is InChI=1S/C9H10O.C8H8O/c1-8(7-10)9-5-3-2-4-6-9;9-7-6-8-4-2-1-3-5-8/h2-7,10H,1H3;1-7,9H. The summed E-state index contributed by atoms with van der Waals surface area (Å²) in [5.41, 5.74) is 2.96. The first-order valence-electron chi connectivity index (χ1n) is 6.00. The van der Waals surface area contributed by atoms with E-state index in [0.29, 0.717) is 0 Å². The maximum absolute atomic E-state index is 8.63. The molecule has 0 heterocycles. The minimum absolute atomic E-state index is 0.889. The highest BCUT2D eigenvalue weighted by Gasteiger charge is 1.90. The highest BCUT2D eigenvalue weighted by Crippen LogP contribution is 2.10. The Balaban J connectivity index is 0.000000191. The minimum Gasteiger partial charge on any atom is -0.516 e. The van der Waals surface area contributed by atoms with E-state index < -0.39 is 0 Å². The maximum Gasteiger partial charge on any atom is 0.0826 e. The summed E-state index contributed by atoms with van der Waals surface area (Å²) in [5.74, 6) is 0. The summed E-state index contributed by atoms with van der Waals surface area (Å²) in [4.78, 5) is 0. The smallest absolute Gasteiger partial charge is 0.0826 e. The van der Waals surface area contributed by atoms with Gasteiger partial charge in [0, 0.05) is 0 Å². The van der Waals surface area contributed by atoms with E-state index in [1.165, 1.54) is 0 Å². The van der Waals surface area contributed by atoms with Crippen LogP contribution >= 0.6 is 0 Å². The second-order valence-electron chi connectivity index (χ2n) is 3.90. The molecule has 98 valence electrons. The van der Waals surface area contributed by atoms with Crippen molar-refractivity contribution in [2.24, 2.45) is 0 Å². The van der Waals surface area contributed by atoms with Gasteiger partial charge in [-0.25, -0.2) is 0 Å². The fourth-order valence-electron chi connectivity index (χ4n) is 1.43. The highest BCUT2D eigenvalue weighted by atomic mass is 16.2. The van der Waals surface area contributed by atoms with Crippen molar-refractivity contribution >= 4 is 11.6 Å². The average molecular weight is 254 g/mol. The highest BCUT2D eigenvalue weighted by molar-refractivity contribution is 5.62. The van der Waals surface area contributed by atoms with Crippen LogP contribution in [0.1, 0.15) is 18.1 Å². The zero-order valence-electron chi connectivity index (χ0n) is 10.9. The largest absolute Gasteiger partial charge is 0.516 e. The minimum atomic E-state index is 0.889. The van der Waals surface area contributed by atoms with Gasteiger partial charge in [-0.1, -0.05) is 60.7 Å². The fraction of sp³-hybridized carbons (Fsp3) is 0.0588. The van der Waals surface area contributed by atoms with Crippen LogP contribution in [-0.2, 0) is 0 Å². The summed E-state index contributed by atoms with van der Waals surface area (Å²) in [6, 6.07) is 19.4. The molecule has 0 radical (unpaired) electrons. The second-order valence-corrected chi connectivity index (χ2v) is 3.90. The molecule has 2 aromatic rings. The van der Waals surface area contributed by atoms with E-state index in [2.05, 4.69) is 0 Å². The molecule has 0 bridgehead atoms. The lowest BCUT2D eigenvalue weighted by atomic mass is 10.1. The van der Waals surface area contributed by atoms with Gasteiger partial charge in [0.25, 0.3) is 0 Å². The van der Waals surface area contributed by atoms with Gasteiger partial charge in [0.05, 0.1) is 12.5 Å². The van der Waals surface area contributed by atoms with E-state index >= 15 is 0 Å². The average Bonchev–Trinajstić information content (AvgIpc) is 2.49. The Morgan fingerprint density at radius 2 is 1.37 bits per heavy atom. The van der Waals surface area contributed by atoms with Crippen molar-refractivity contribution in [1.29, 1.82) is 0 Å². The summed E-state index contributed by atoms with van der Waals surface area (Å²) in [7, 11) is 0. The molecule has 0 aromatic heterocycles. The van der Waals surface area contributed by atoms with Gasteiger partial charge in [-0.3, -0.25) is 0 Å². The molecule has 2 N–H and O–H groups in total. The molecule has 0 aliphatic carbocycles. The molecule has 2 aromatic carbocycles. The molecule has 19 heavy (non-hydrogen) atoms. The van der Waals surface area contributed by atoms with Gasteiger partial charge in [-0.15, -0.1) is 0 Å². The maximum atomic E-state index is 8.63. The van der Waals surface area contributed by atoms with E-state index in [1.54, 1.807) is 6.08 Å². The molecule has 0 atom stereocenters. The molecule has 0 fully saturated rings. The molecule has 0 aliphatic heterocycles. The molecule has 0 aliphatic rings. The SMILES string of the molecule is CC(=CO)c1ccccc1.OC=Cc1ccccc1. The Morgan fingerprint density at radius 3 is 1.84 bits per heavy atom. The van der Waals surface area contributed by atoms with Crippen LogP contribution in [0.4, 0.5) is 0 Å². The van der Waals surface area contributed by atoms with Crippen LogP contribution in [-0.4, -0.2) is 10.2 Å². The summed E-state index contributed by atoms with van der Waals surface area (Å²) in [5, 5.41) is 17.0. The summed E-state index contributed by atoms with van der Waals surface area (Å²) >= 11 is 0. The first-order chi connectivity index (χ1) is 9.27. The number of aliphatic hydroxyl groups is 2. The topological polar surface area (TPSA) is 40.5 Å². The fourth-order valence-corrected chi connectivity index (χ4v) is 1.43. The summed E-state index contributed by atoms with van der Waals surface area (Å²) in [6.07, 6.45) is 3.80. The lowest BCUT2D eigenvalue weighted by Crippen LogP contribution is -1.76. The van der Waals surface area contributed by atoms with Crippen molar-refractivity contribution in [3.8, 4) is 0 Å². The van der Waals surface area contributed by atoms with Crippen LogP contribution < -0.4 is 0 Å². The third-order valence-electron chi connectivity index (χ3n) is 2.49. The van der Waals surface area contributed by atoms with Crippen molar-refractivity contribution in [2.45, 2.75) is 6.92 Å². The third-order valence-corrected chi connectivity index (χ3v) is 2.49. The van der Waals surface area contributed by atoms with Crippen molar-refractivity contribution in [3.63, 3.8) is 0 Å². The molecular weight excluding hydrogens is 236 g/mol. The number of aliphatic hydroxyl groups excluding tert-OH is 2. The van der Waals surface area contributed by atoms with E-state index in [4.69, 9.17) is 10.2 Å². The quantitative estimate of drug-likeness (QED) is 0.754. The van der Waals surface area contributed by atoms with E-state index in [9.17, 15) is 0 Å². The molecule has 2 nitrogen and oxygen atoms in total. The summed E-state index contributed by atoms with van der Waals surface area (Å²) in [6.45, 7) is 1.87. The second kappa shape index (κ2) is 8.59. The van der Waals surface area contributed by atoms with Crippen LogP contribution in [0.2, 0.25) is 0 Å². The number of benzene rings is 2. The van der Waals surface area contributed by atoms with Crippen LogP contribution in [0.25, 0.3) is 11.6 Å². The molecule has 0 spiro atoms. The molecule has 0 saturated heterocycles. The predicted molar refractivity (Wildman–Crippen MR) is 80.8 cm³/mol. The molecule has 0 saturated carbocycles. The van der Waals surface area contributed by atoms with Crippen molar-refractivity contribution in [3.05, 3.63) is 84.3 Å².